The molecule has 2 aromatic rings. The first kappa shape index (κ1) is 19.1. The minimum absolute atomic E-state index is 0.254. The molecule has 0 spiro atoms. The summed E-state index contributed by atoms with van der Waals surface area (Å²) in [5.41, 5.74) is 6.72. The summed E-state index contributed by atoms with van der Waals surface area (Å²) < 4.78 is 5.26. The number of aliphatic carboxylic acids is 1. The van der Waals surface area contributed by atoms with E-state index in [2.05, 4.69) is 5.32 Å². The van der Waals surface area contributed by atoms with Crippen molar-refractivity contribution in [2.24, 2.45) is 5.73 Å². The molecule has 0 saturated carbocycles. The van der Waals surface area contributed by atoms with Gasteiger partial charge in [-0.1, -0.05) is 30.3 Å². The molecule has 0 aliphatic heterocycles. The third kappa shape index (κ3) is 4.90. The van der Waals surface area contributed by atoms with Crippen molar-refractivity contribution in [2.75, 3.05) is 0 Å². The Morgan fingerprint density at radius 1 is 1.08 bits per heavy atom. The first-order chi connectivity index (χ1) is 12.4. The topological polar surface area (TPSA) is 119 Å². The molecule has 0 aliphatic rings. The zero-order valence-electron chi connectivity index (χ0n) is 14.2. The number of carbonyl (C=O) groups excluding carboxylic acids is 2. The van der Waals surface area contributed by atoms with Crippen LogP contribution in [0.2, 0.25) is 0 Å². The van der Waals surface area contributed by atoms with E-state index in [4.69, 9.17) is 10.5 Å². The number of hydrogen-bond acceptors (Lipinski definition) is 5. The average Bonchev–Trinajstić information content (AvgIpc) is 2.66. The summed E-state index contributed by atoms with van der Waals surface area (Å²) in [6.45, 7) is 1.77. The summed E-state index contributed by atoms with van der Waals surface area (Å²) in [7, 11) is 0. The van der Waals surface area contributed by atoms with Crippen LogP contribution in [0.5, 0.6) is 5.75 Å². The van der Waals surface area contributed by atoms with Crippen LogP contribution in [-0.2, 0) is 16.1 Å². The summed E-state index contributed by atoms with van der Waals surface area (Å²) in [5.74, 6) is -2.41. The van der Waals surface area contributed by atoms with Crippen LogP contribution in [0, 0.1) is 0 Å². The highest BCUT2D eigenvalue weighted by molar-refractivity contribution is 6.06. The minimum atomic E-state index is -1.72. The Labute approximate surface area is 150 Å². The molecule has 0 saturated heterocycles. The molecule has 0 fully saturated rings. The lowest BCUT2D eigenvalue weighted by Gasteiger charge is -2.19. The summed E-state index contributed by atoms with van der Waals surface area (Å²) in [6.07, 6.45) is -1.72. The van der Waals surface area contributed by atoms with Crippen molar-refractivity contribution in [2.45, 2.75) is 25.6 Å². The highest BCUT2D eigenvalue weighted by atomic mass is 16.5. The quantitative estimate of drug-likeness (QED) is 0.615. The second-order valence-electron chi connectivity index (χ2n) is 5.65. The van der Waals surface area contributed by atoms with Crippen molar-refractivity contribution in [3.63, 3.8) is 0 Å². The number of rotatable bonds is 8. The molecular weight excluding hydrogens is 336 g/mol. The number of hydrogen-bond donors (Lipinski definition) is 3. The molecule has 2 aromatic carbocycles. The van der Waals surface area contributed by atoms with Crippen LogP contribution < -0.4 is 15.8 Å². The summed E-state index contributed by atoms with van der Waals surface area (Å²) in [6, 6.07) is 13.7. The Hall–Kier alpha value is -3.19. The Kier molecular flexibility index (Phi) is 6.46. The fourth-order valence-corrected chi connectivity index (χ4v) is 2.24. The number of carboxylic acids is 1. The van der Waals surface area contributed by atoms with Crippen LogP contribution >= 0.6 is 0 Å². The lowest BCUT2D eigenvalue weighted by atomic mass is 10.1. The van der Waals surface area contributed by atoms with Crippen molar-refractivity contribution in [3.8, 4) is 5.75 Å². The van der Waals surface area contributed by atoms with Gasteiger partial charge in [0.2, 0.25) is 5.78 Å². The smallest absolute Gasteiger partial charge is 0.352 e. The number of nitrogens with two attached hydrogens (primary N) is 1. The van der Waals surface area contributed by atoms with Gasteiger partial charge in [-0.2, -0.15) is 0 Å². The van der Waals surface area contributed by atoms with Crippen molar-refractivity contribution in [1.29, 1.82) is 0 Å². The molecule has 2 rings (SSSR count). The van der Waals surface area contributed by atoms with E-state index < -0.39 is 29.8 Å². The molecule has 26 heavy (non-hydrogen) atoms. The average molecular weight is 356 g/mol. The number of benzene rings is 2. The van der Waals surface area contributed by atoms with Gasteiger partial charge in [-0.05, 0) is 36.8 Å². The predicted octanol–water partition coefficient (Wildman–Crippen LogP) is 1.36. The monoisotopic (exact) mass is 356 g/mol. The summed E-state index contributed by atoms with van der Waals surface area (Å²) in [4.78, 5) is 36.1. The van der Waals surface area contributed by atoms with E-state index in [1.165, 1.54) is 6.92 Å². The van der Waals surface area contributed by atoms with Gasteiger partial charge in [0.1, 0.15) is 5.75 Å². The van der Waals surface area contributed by atoms with Crippen LogP contribution in [0.1, 0.15) is 22.8 Å². The SMILES string of the molecule is CC(NC(=O)c1ccc(CN)cc1)C(=O)C(Oc1ccccc1)C(=O)O. The molecule has 0 heterocycles. The fraction of sp³-hybridized carbons (Fsp3) is 0.211. The van der Waals surface area contributed by atoms with E-state index in [9.17, 15) is 19.5 Å². The van der Waals surface area contributed by atoms with Gasteiger partial charge < -0.3 is 20.9 Å². The Morgan fingerprint density at radius 2 is 1.69 bits per heavy atom. The lowest BCUT2D eigenvalue weighted by Crippen LogP contribution is -2.48. The van der Waals surface area contributed by atoms with Crippen molar-refractivity contribution in [1.82, 2.24) is 5.32 Å². The van der Waals surface area contributed by atoms with Gasteiger partial charge in [0.05, 0.1) is 6.04 Å². The van der Waals surface area contributed by atoms with Gasteiger partial charge in [-0.3, -0.25) is 9.59 Å². The zero-order valence-corrected chi connectivity index (χ0v) is 14.2. The molecule has 4 N–H and O–H groups in total. The molecule has 0 bridgehead atoms. The number of ketones is 1. The summed E-state index contributed by atoms with van der Waals surface area (Å²) >= 11 is 0. The number of carbonyl (C=O) groups is 3. The van der Waals surface area contributed by atoms with Crippen LogP contribution in [0.25, 0.3) is 0 Å². The third-order valence-corrected chi connectivity index (χ3v) is 3.71. The Balaban J connectivity index is 2.05. The summed E-state index contributed by atoms with van der Waals surface area (Å²) in [5, 5.41) is 11.8. The van der Waals surface area contributed by atoms with Gasteiger partial charge >= 0.3 is 5.97 Å². The van der Waals surface area contributed by atoms with E-state index >= 15 is 0 Å². The second kappa shape index (κ2) is 8.77. The molecule has 0 aromatic heterocycles. The molecule has 2 unspecified atom stereocenters. The maximum atomic E-state index is 12.4. The number of nitrogens with one attached hydrogen (secondary N) is 1. The molecule has 1 amide bonds. The highest BCUT2D eigenvalue weighted by Gasteiger charge is 2.33. The maximum absolute atomic E-state index is 12.4. The van der Waals surface area contributed by atoms with E-state index in [1.807, 2.05) is 0 Å². The largest absolute Gasteiger partial charge is 0.478 e. The van der Waals surface area contributed by atoms with Gasteiger partial charge in [0, 0.05) is 12.1 Å². The Bertz CT molecular complexity index is 774. The van der Waals surface area contributed by atoms with E-state index in [-0.39, 0.29) is 5.75 Å². The Morgan fingerprint density at radius 3 is 2.23 bits per heavy atom. The molecular formula is C19H20N2O5. The van der Waals surface area contributed by atoms with Gasteiger partial charge in [-0.15, -0.1) is 0 Å². The van der Waals surface area contributed by atoms with Gasteiger partial charge in [-0.25, -0.2) is 4.79 Å². The second-order valence-corrected chi connectivity index (χ2v) is 5.65. The van der Waals surface area contributed by atoms with E-state index in [0.29, 0.717) is 12.1 Å². The number of carboxylic acid groups (broad SMARTS) is 1. The molecule has 7 heteroatoms. The number of amides is 1. The fourth-order valence-electron chi connectivity index (χ4n) is 2.24. The standard InChI is InChI=1S/C19H20N2O5/c1-12(21-18(23)14-9-7-13(11-20)8-10-14)16(22)17(19(24)25)26-15-5-3-2-4-6-15/h2-10,12,17H,11,20H2,1H3,(H,21,23)(H,24,25). The van der Waals surface area contributed by atoms with Crippen LogP contribution in [0.15, 0.2) is 54.6 Å². The first-order valence-electron chi connectivity index (χ1n) is 8.00. The van der Waals surface area contributed by atoms with E-state index in [0.717, 1.165) is 5.56 Å². The maximum Gasteiger partial charge on any atom is 0.352 e. The highest BCUT2D eigenvalue weighted by Crippen LogP contribution is 2.13. The molecule has 136 valence electrons. The van der Waals surface area contributed by atoms with Crippen LogP contribution in [0.3, 0.4) is 0 Å². The van der Waals surface area contributed by atoms with Gasteiger partial charge in [0.15, 0.2) is 0 Å². The van der Waals surface area contributed by atoms with Crippen molar-refractivity contribution in [3.05, 3.63) is 65.7 Å². The number of ether oxygens (including phenoxy) is 1. The van der Waals surface area contributed by atoms with Crippen molar-refractivity contribution >= 4 is 17.7 Å². The molecule has 7 nitrogen and oxygen atoms in total. The third-order valence-electron chi connectivity index (χ3n) is 3.71. The lowest BCUT2D eigenvalue weighted by molar-refractivity contribution is -0.150. The number of Topliss-reactive ketones (excluding diaryl/α,β-unsaturated/α-hetero) is 1. The van der Waals surface area contributed by atoms with Crippen LogP contribution in [0.4, 0.5) is 0 Å². The van der Waals surface area contributed by atoms with Crippen molar-refractivity contribution < 1.29 is 24.2 Å². The number of para-hydroxylation sites is 1. The zero-order chi connectivity index (χ0) is 19.1. The molecule has 2 atom stereocenters. The van der Waals surface area contributed by atoms with Crippen LogP contribution in [-0.4, -0.2) is 34.9 Å². The first-order valence-corrected chi connectivity index (χ1v) is 8.00. The normalized spacial score (nSPS) is 12.7. The molecule has 0 radical (unpaired) electrons. The minimum Gasteiger partial charge on any atom is -0.478 e. The van der Waals surface area contributed by atoms with E-state index in [1.54, 1.807) is 54.6 Å². The predicted molar refractivity (Wildman–Crippen MR) is 94.8 cm³/mol. The molecule has 0 aliphatic carbocycles. The van der Waals surface area contributed by atoms with Gasteiger partial charge in [0.25, 0.3) is 12.0 Å².